The zero-order valence-corrected chi connectivity index (χ0v) is 8.47. The molecule has 2 rings (SSSR count). The van der Waals surface area contributed by atoms with Gasteiger partial charge in [-0.15, -0.1) is 0 Å². The van der Waals surface area contributed by atoms with E-state index in [0.717, 1.165) is 5.69 Å². The van der Waals surface area contributed by atoms with Crippen LogP contribution in [-0.4, -0.2) is 21.2 Å². The van der Waals surface area contributed by atoms with E-state index < -0.39 is 17.5 Å². The van der Waals surface area contributed by atoms with Crippen molar-refractivity contribution in [3.8, 4) is 0 Å². The minimum absolute atomic E-state index is 0.285. The summed E-state index contributed by atoms with van der Waals surface area (Å²) >= 11 is 0. The number of rotatable bonds is 2. The largest absolute Gasteiger partial charge is 0.481 e. The summed E-state index contributed by atoms with van der Waals surface area (Å²) in [6.07, 6.45) is 2.19. The van der Waals surface area contributed by atoms with Gasteiger partial charge in [0.15, 0.2) is 0 Å². The number of nitrogens with zero attached hydrogens (tertiary/aromatic N) is 1. The maximum atomic E-state index is 10.6. The van der Waals surface area contributed by atoms with Gasteiger partial charge >= 0.3 is 5.97 Å². The quantitative estimate of drug-likeness (QED) is 0.761. The van der Waals surface area contributed by atoms with E-state index in [1.165, 1.54) is 0 Å². The van der Waals surface area contributed by atoms with E-state index in [1.54, 1.807) is 12.3 Å². The second kappa shape index (κ2) is 3.31. The number of aliphatic carboxylic acids is 1. The molecule has 1 aliphatic rings. The highest BCUT2D eigenvalue weighted by Crippen LogP contribution is 2.45. The molecule has 0 aromatic carbocycles. The highest BCUT2D eigenvalue weighted by molar-refractivity contribution is 5.71. The summed E-state index contributed by atoms with van der Waals surface area (Å²) in [4.78, 5) is 14.7. The van der Waals surface area contributed by atoms with Gasteiger partial charge < -0.3 is 10.2 Å². The number of hydrogen-bond acceptors (Lipinski definition) is 3. The third-order valence-corrected chi connectivity index (χ3v) is 2.97. The Bertz CT molecular complexity index is 379. The van der Waals surface area contributed by atoms with Crippen molar-refractivity contribution >= 4 is 5.97 Å². The van der Waals surface area contributed by atoms with Gasteiger partial charge in [-0.25, -0.2) is 0 Å². The molecule has 1 aromatic rings. The van der Waals surface area contributed by atoms with Crippen LogP contribution in [0.15, 0.2) is 18.3 Å². The minimum atomic E-state index is -0.982. The molecule has 1 aliphatic carbocycles. The molecule has 0 amide bonds. The lowest BCUT2D eigenvalue weighted by atomic mass is 9.68. The summed E-state index contributed by atoms with van der Waals surface area (Å²) in [6.45, 7) is 1.87. The number of aryl methyl sites for hydroxylation is 1. The van der Waals surface area contributed by atoms with Gasteiger partial charge in [0.1, 0.15) is 0 Å². The van der Waals surface area contributed by atoms with Gasteiger partial charge in [-0.3, -0.25) is 9.78 Å². The molecule has 1 aromatic heterocycles. The van der Waals surface area contributed by atoms with Crippen LogP contribution in [0.3, 0.4) is 0 Å². The van der Waals surface area contributed by atoms with Crippen molar-refractivity contribution < 1.29 is 15.0 Å². The molecular formula is C11H13NO3. The Hall–Kier alpha value is -1.42. The zero-order chi connectivity index (χ0) is 11.1. The van der Waals surface area contributed by atoms with E-state index in [9.17, 15) is 9.90 Å². The van der Waals surface area contributed by atoms with Gasteiger partial charge in [-0.05, 0) is 25.8 Å². The normalized spacial score (nSPS) is 29.6. The molecule has 0 radical (unpaired) electrons. The number of pyridine rings is 1. The first-order chi connectivity index (χ1) is 7.01. The van der Waals surface area contributed by atoms with Crippen molar-refractivity contribution in [2.75, 3.05) is 0 Å². The van der Waals surface area contributed by atoms with E-state index in [2.05, 4.69) is 4.98 Å². The fraction of sp³-hybridized carbons (Fsp3) is 0.455. The molecule has 1 heterocycles. The van der Waals surface area contributed by atoms with Crippen molar-refractivity contribution in [3.63, 3.8) is 0 Å². The van der Waals surface area contributed by atoms with E-state index >= 15 is 0 Å². The molecule has 0 aliphatic heterocycles. The lowest BCUT2D eigenvalue weighted by Gasteiger charge is -2.41. The van der Waals surface area contributed by atoms with Crippen LogP contribution < -0.4 is 0 Å². The molecule has 0 saturated heterocycles. The summed E-state index contributed by atoms with van der Waals surface area (Å²) in [7, 11) is 0. The smallest absolute Gasteiger partial charge is 0.306 e. The monoisotopic (exact) mass is 207 g/mol. The van der Waals surface area contributed by atoms with Gasteiger partial charge in [-0.1, -0.05) is 6.07 Å². The minimum Gasteiger partial charge on any atom is -0.481 e. The first-order valence-electron chi connectivity index (χ1n) is 4.89. The van der Waals surface area contributed by atoms with Crippen LogP contribution in [0.5, 0.6) is 0 Å². The van der Waals surface area contributed by atoms with Gasteiger partial charge in [0.05, 0.1) is 11.5 Å². The van der Waals surface area contributed by atoms with Crippen LogP contribution in [0.2, 0.25) is 0 Å². The highest BCUT2D eigenvalue weighted by Gasteiger charge is 2.47. The van der Waals surface area contributed by atoms with Crippen molar-refractivity contribution in [3.05, 3.63) is 29.6 Å². The number of aliphatic hydroxyl groups is 1. The first-order valence-corrected chi connectivity index (χ1v) is 4.89. The number of carboxylic acids is 1. The summed E-state index contributed by atoms with van der Waals surface area (Å²) in [5.41, 5.74) is 0.617. The number of carbonyl (C=O) groups is 1. The fourth-order valence-electron chi connectivity index (χ4n) is 1.91. The summed E-state index contributed by atoms with van der Waals surface area (Å²) in [5, 5.41) is 18.8. The van der Waals surface area contributed by atoms with Crippen LogP contribution in [0.4, 0.5) is 0 Å². The molecule has 1 saturated carbocycles. The van der Waals surface area contributed by atoms with Crippen LogP contribution in [-0.2, 0) is 10.4 Å². The summed E-state index contributed by atoms with van der Waals surface area (Å²) in [6, 6.07) is 3.63. The molecule has 0 atom stereocenters. The SMILES string of the molecule is Cc1ccc(C2(O)CC(C(=O)O)C2)cn1. The Morgan fingerprint density at radius 3 is 2.67 bits per heavy atom. The average Bonchev–Trinajstić information content (AvgIpc) is 2.13. The maximum absolute atomic E-state index is 10.6. The predicted octanol–water partition coefficient (Wildman–Crippen LogP) is 1.07. The standard InChI is InChI=1S/C11H13NO3/c1-7-2-3-9(6-12-7)11(15)4-8(5-11)10(13)14/h2-3,6,8,15H,4-5H2,1H3,(H,13,14). The van der Waals surface area contributed by atoms with E-state index in [1.807, 2.05) is 13.0 Å². The van der Waals surface area contributed by atoms with Gasteiger partial charge in [0, 0.05) is 17.5 Å². The zero-order valence-electron chi connectivity index (χ0n) is 8.47. The van der Waals surface area contributed by atoms with Gasteiger partial charge in [0.25, 0.3) is 0 Å². The van der Waals surface area contributed by atoms with Crippen LogP contribution in [0, 0.1) is 12.8 Å². The topological polar surface area (TPSA) is 70.4 Å². The van der Waals surface area contributed by atoms with Crippen molar-refractivity contribution in [2.45, 2.75) is 25.4 Å². The lowest BCUT2D eigenvalue weighted by Crippen LogP contribution is -2.44. The predicted molar refractivity (Wildman–Crippen MR) is 53.2 cm³/mol. The molecule has 80 valence electrons. The van der Waals surface area contributed by atoms with Crippen LogP contribution in [0.1, 0.15) is 24.1 Å². The molecule has 0 bridgehead atoms. The molecule has 0 spiro atoms. The number of aromatic nitrogens is 1. The van der Waals surface area contributed by atoms with Crippen LogP contribution >= 0.6 is 0 Å². The van der Waals surface area contributed by atoms with Crippen molar-refractivity contribution in [1.82, 2.24) is 4.98 Å². The molecule has 2 N–H and O–H groups in total. The Morgan fingerprint density at radius 1 is 1.53 bits per heavy atom. The van der Waals surface area contributed by atoms with Crippen LogP contribution in [0.25, 0.3) is 0 Å². The molecule has 1 fully saturated rings. The maximum Gasteiger partial charge on any atom is 0.306 e. The summed E-state index contributed by atoms with van der Waals surface area (Å²) in [5.74, 6) is -1.25. The Balaban J connectivity index is 2.13. The average molecular weight is 207 g/mol. The van der Waals surface area contributed by atoms with Gasteiger partial charge in [0.2, 0.25) is 0 Å². The molecule has 4 nitrogen and oxygen atoms in total. The Morgan fingerprint density at radius 2 is 2.20 bits per heavy atom. The molecular weight excluding hydrogens is 194 g/mol. The van der Waals surface area contributed by atoms with Gasteiger partial charge in [-0.2, -0.15) is 0 Å². The fourth-order valence-corrected chi connectivity index (χ4v) is 1.91. The Labute approximate surface area is 87.6 Å². The van der Waals surface area contributed by atoms with Crippen molar-refractivity contribution in [2.24, 2.45) is 5.92 Å². The third kappa shape index (κ3) is 1.72. The Kier molecular flexibility index (Phi) is 2.23. The second-order valence-electron chi connectivity index (χ2n) is 4.16. The molecule has 0 unspecified atom stereocenters. The van der Waals surface area contributed by atoms with E-state index in [-0.39, 0.29) is 12.8 Å². The van der Waals surface area contributed by atoms with E-state index in [4.69, 9.17) is 5.11 Å². The third-order valence-electron chi connectivity index (χ3n) is 2.97. The number of hydrogen-bond donors (Lipinski definition) is 2. The van der Waals surface area contributed by atoms with E-state index in [0.29, 0.717) is 5.56 Å². The number of carboxylic acid groups (broad SMARTS) is 1. The van der Waals surface area contributed by atoms with Crippen molar-refractivity contribution in [1.29, 1.82) is 0 Å². The summed E-state index contributed by atoms with van der Waals surface area (Å²) < 4.78 is 0. The molecule has 4 heteroatoms. The lowest BCUT2D eigenvalue weighted by molar-refractivity contribution is -0.159. The highest BCUT2D eigenvalue weighted by atomic mass is 16.4. The molecule has 15 heavy (non-hydrogen) atoms. The first kappa shape index (κ1) is 10.1. The second-order valence-corrected chi connectivity index (χ2v) is 4.16.